The second-order valence-corrected chi connectivity index (χ2v) is 4.09. The van der Waals surface area contributed by atoms with Gasteiger partial charge in [0.15, 0.2) is 0 Å². The topological polar surface area (TPSA) is 145 Å². The van der Waals surface area contributed by atoms with E-state index in [9.17, 15) is 19.7 Å². The number of hydrogen-bond acceptors (Lipinski definition) is 7. The van der Waals surface area contributed by atoms with Crippen LogP contribution in [0.1, 0.15) is 5.56 Å². The Kier molecular flexibility index (Phi) is 6.24. The van der Waals surface area contributed by atoms with E-state index in [1.165, 1.54) is 24.3 Å². The maximum atomic E-state index is 11.4. The van der Waals surface area contributed by atoms with Crippen LogP contribution in [0.2, 0.25) is 0 Å². The molecule has 0 aliphatic carbocycles. The third-order valence-corrected chi connectivity index (χ3v) is 2.49. The van der Waals surface area contributed by atoms with Crippen LogP contribution in [-0.4, -0.2) is 41.1 Å². The van der Waals surface area contributed by atoms with Crippen LogP contribution >= 0.6 is 0 Å². The number of carbonyl (C=O) groups is 2. The number of non-ortho nitro benzene ring substituents is 1. The molecule has 114 valence electrons. The van der Waals surface area contributed by atoms with Crippen molar-refractivity contribution in [3.63, 3.8) is 0 Å². The predicted molar refractivity (Wildman–Crippen MR) is 71.0 cm³/mol. The number of rotatable bonds is 7. The van der Waals surface area contributed by atoms with Gasteiger partial charge in [-0.3, -0.25) is 19.7 Å². The number of aliphatic hydroxyl groups is 1. The zero-order valence-electron chi connectivity index (χ0n) is 11.0. The zero-order valence-corrected chi connectivity index (χ0v) is 11.0. The van der Waals surface area contributed by atoms with E-state index in [1.54, 1.807) is 0 Å². The summed E-state index contributed by atoms with van der Waals surface area (Å²) >= 11 is 0. The van der Waals surface area contributed by atoms with Crippen LogP contribution in [0.5, 0.6) is 0 Å². The normalized spacial score (nSPS) is 11.5. The lowest BCUT2D eigenvalue weighted by atomic mass is 10.2. The number of aliphatic hydroxyl groups excluding tert-OH is 1. The highest BCUT2D eigenvalue weighted by Crippen LogP contribution is 2.12. The Hall–Kier alpha value is -2.52. The first-order valence-electron chi connectivity index (χ1n) is 5.97. The summed E-state index contributed by atoms with van der Waals surface area (Å²) in [5, 5.41) is 21.3. The molecule has 1 aromatic rings. The second-order valence-electron chi connectivity index (χ2n) is 4.09. The Bertz CT molecular complexity index is 516. The molecule has 0 spiro atoms. The summed E-state index contributed by atoms with van der Waals surface area (Å²) in [5.74, 6) is -1.35. The van der Waals surface area contributed by atoms with Crippen molar-refractivity contribution in [3.05, 3.63) is 39.9 Å². The minimum atomic E-state index is -1.09. The average Bonchev–Trinajstić information content (AvgIpc) is 2.49. The highest BCUT2D eigenvalue weighted by atomic mass is 16.6. The van der Waals surface area contributed by atoms with Gasteiger partial charge in [-0.15, -0.1) is 0 Å². The van der Waals surface area contributed by atoms with Crippen molar-refractivity contribution in [1.29, 1.82) is 0 Å². The smallest absolute Gasteiger partial charge is 0.325 e. The maximum Gasteiger partial charge on any atom is 0.325 e. The molecule has 0 heterocycles. The minimum absolute atomic E-state index is 0.0599. The molecule has 9 heteroatoms. The van der Waals surface area contributed by atoms with Gasteiger partial charge >= 0.3 is 5.97 Å². The number of hydrogen-bond donors (Lipinski definition) is 3. The van der Waals surface area contributed by atoms with Crippen LogP contribution < -0.4 is 11.1 Å². The Balaban J connectivity index is 2.36. The van der Waals surface area contributed by atoms with Gasteiger partial charge in [0.05, 0.1) is 11.5 Å². The third-order valence-electron chi connectivity index (χ3n) is 2.49. The average molecular weight is 297 g/mol. The van der Waals surface area contributed by atoms with E-state index in [0.29, 0.717) is 5.56 Å². The van der Waals surface area contributed by atoms with Crippen LogP contribution in [-0.2, 0) is 20.9 Å². The van der Waals surface area contributed by atoms with Crippen molar-refractivity contribution in [3.8, 4) is 0 Å². The molecule has 9 nitrogen and oxygen atoms in total. The quantitative estimate of drug-likeness (QED) is 0.335. The number of nitrogens with two attached hydrogens (primary N) is 1. The lowest BCUT2D eigenvalue weighted by Gasteiger charge is -2.09. The molecule has 1 aromatic carbocycles. The van der Waals surface area contributed by atoms with Crippen molar-refractivity contribution in [2.24, 2.45) is 5.73 Å². The van der Waals surface area contributed by atoms with Gasteiger partial charge in [0.25, 0.3) is 5.69 Å². The van der Waals surface area contributed by atoms with Crippen LogP contribution in [0.4, 0.5) is 5.69 Å². The monoisotopic (exact) mass is 297 g/mol. The van der Waals surface area contributed by atoms with Gasteiger partial charge in [-0.05, 0) is 17.7 Å². The number of esters is 1. The fraction of sp³-hybridized carbons (Fsp3) is 0.333. The number of nitrogens with one attached hydrogen (secondary N) is 1. The maximum absolute atomic E-state index is 11.4. The van der Waals surface area contributed by atoms with Crippen molar-refractivity contribution in [2.45, 2.75) is 12.6 Å². The molecule has 4 N–H and O–H groups in total. The Morgan fingerprint density at radius 3 is 2.52 bits per heavy atom. The van der Waals surface area contributed by atoms with E-state index in [4.69, 9.17) is 15.6 Å². The van der Waals surface area contributed by atoms with E-state index in [-0.39, 0.29) is 18.8 Å². The molecule has 0 bridgehead atoms. The third kappa shape index (κ3) is 5.55. The largest absolute Gasteiger partial charge is 0.460 e. The lowest BCUT2D eigenvalue weighted by Crippen LogP contribution is -2.44. The molecule has 1 atom stereocenters. The SMILES string of the molecule is N[C@@H](CO)C(=O)NCC(=O)OCc1ccc([N+](=O)[O-])cc1. The molecule has 0 unspecified atom stereocenters. The summed E-state index contributed by atoms with van der Waals surface area (Å²) < 4.78 is 4.87. The van der Waals surface area contributed by atoms with Crippen LogP contribution in [0.25, 0.3) is 0 Å². The Morgan fingerprint density at radius 1 is 1.38 bits per heavy atom. The number of nitro groups is 1. The van der Waals surface area contributed by atoms with Crippen LogP contribution in [0, 0.1) is 10.1 Å². The Labute approximate surface area is 119 Å². The highest BCUT2D eigenvalue weighted by molar-refractivity contribution is 5.85. The van der Waals surface area contributed by atoms with E-state index in [2.05, 4.69) is 5.32 Å². The molecular formula is C12H15N3O6. The summed E-state index contributed by atoms with van der Waals surface area (Å²) in [6, 6.07) is 4.43. The number of carbonyl (C=O) groups excluding carboxylic acids is 2. The van der Waals surface area contributed by atoms with Gasteiger partial charge in [-0.1, -0.05) is 0 Å². The molecule has 1 amide bonds. The molecule has 21 heavy (non-hydrogen) atoms. The van der Waals surface area contributed by atoms with Crippen molar-refractivity contribution in [1.82, 2.24) is 5.32 Å². The molecular weight excluding hydrogens is 282 g/mol. The number of nitro benzene ring substituents is 1. The molecule has 1 rings (SSSR count). The van der Waals surface area contributed by atoms with Crippen molar-refractivity contribution in [2.75, 3.05) is 13.2 Å². The van der Waals surface area contributed by atoms with Gasteiger partial charge < -0.3 is 20.9 Å². The summed E-state index contributed by atoms with van der Waals surface area (Å²) in [6.45, 7) is -0.970. The van der Waals surface area contributed by atoms with Gasteiger partial charge in [-0.25, -0.2) is 0 Å². The summed E-state index contributed by atoms with van der Waals surface area (Å²) in [7, 11) is 0. The van der Waals surface area contributed by atoms with Crippen molar-refractivity contribution >= 4 is 17.6 Å². The molecule has 0 aliphatic rings. The van der Waals surface area contributed by atoms with Crippen LogP contribution in [0.15, 0.2) is 24.3 Å². The zero-order chi connectivity index (χ0) is 15.8. The summed E-state index contributed by atoms with van der Waals surface area (Å²) in [6.07, 6.45) is 0. The molecule has 0 aliphatic heterocycles. The van der Waals surface area contributed by atoms with Gasteiger partial charge in [-0.2, -0.15) is 0 Å². The lowest BCUT2D eigenvalue weighted by molar-refractivity contribution is -0.384. The first-order chi connectivity index (χ1) is 9.93. The standard InChI is InChI=1S/C12H15N3O6/c13-10(6-16)12(18)14-5-11(17)21-7-8-1-3-9(4-2-8)15(19)20/h1-4,10,16H,5-7,13H2,(H,14,18)/t10-/m0/s1. The number of nitrogens with zero attached hydrogens (tertiary/aromatic N) is 1. The second kappa shape index (κ2) is 7.92. The Morgan fingerprint density at radius 2 is 2.00 bits per heavy atom. The number of ether oxygens (including phenoxy) is 1. The van der Waals surface area contributed by atoms with Gasteiger partial charge in [0.1, 0.15) is 19.2 Å². The van der Waals surface area contributed by atoms with Crippen LogP contribution in [0.3, 0.4) is 0 Å². The molecule has 0 fully saturated rings. The highest BCUT2D eigenvalue weighted by Gasteiger charge is 2.13. The minimum Gasteiger partial charge on any atom is -0.460 e. The molecule has 0 saturated carbocycles. The van der Waals surface area contributed by atoms with E-state index >= 15 is 0 Å². The number of amides is 1. The predicted octanol–water partition coefficient (Wildman–Crippen LogP) is -0.926. The summed E-state index contributed by atoms with van der Waals surface area (Å²) in [4.78, 5) is 32.5. The summed E-state index contributed by atoms with van der Waals surface area (Å²) in [5.41, 5.74) is 5.75. The van der Waals surface area contributed by atoms with Crippen molar-refractivity contribution < 1.29 is 24.4 Å². The fourth-order valence-corrected chi connectivity index (χ4v) is 1.30. The van der Waals surface area contributed by atoms with Gasteiger partial charge in [0, 0.05) is 12.1 Å². The first kappa shape index (κ1) is 16.5. The first-order valence-corrected chi connectivity index (χ1v) is 5.97. The number of benzene rings is 1. The van der Waals surface area contributed by atoms with Gasteiger partial charge in [0.2, 0.25) is 5.91 Å². The molecule has 0 radical (unpaired) electrons. The van der Waals surface area contributed by atoms with E-state index < -0.39 is 29.4 Å². The molecule has 0 aromatic heterocycles. The van der Waals surface area contributed by atoms with E-state index in [0.717, 1.165) is 0 Å². The molecule has 0 saturated heterocycles. The fourth-order valence-electron chi connectivity index (χ4n) is 1.30. The van der Waals surface area contributed by atoms with E-state index in [1.807, 2.05) is 0 Å².